The summed E-state index contributed by atoms with van der Waals surface area (Å²) in [5.74, 6) is 0.862. The Bertz CT molecular complexity index is 3380. The number of carbonyl (C=O) groups excluding carboxylic acids is 3. The molecule has 2 saturated heterocycles. The molecule has 15 heteroatoms. The summed E-state index contributed by atoms with van der Waals surface area (Å²) in [4.78, 5) is 42.6. The van der Waals surface area contributed by atoms with Gasteiger partial charge in [-0.3, -0.25) is 14.4 Å². The number of halogens is 6. The van der Waals surface area contributed by atoms with Crippen molar-refractivity contribution >= 4 is 99.2 Å². The van der Waals surface area contributed by atoms with Crippen LogP contribution in [0.2, 0.25) is 30.1 Å². The maximum absolute atomic E-state index is 14.3. The number of hydrogen-bond acceptors (Lipinski definition) is 7. The van der Waals surface area contributed by atoms with Crippen molar-refractivity contribution in [1.82, 2.24) is 10.2 Å². The van der Waals surface area contributed by atoms with E-state index < -0.39 is 28.3 Å². The number of ether oxygens (including phenoxy) is 1. The molecular formula is C76H90Cl6N2O6S. The van der Waals surface area contributed by atoms with Gasteiger partial charge in [-0.05, 0) is 169 Å². The summed E-state index contributed by atoms with van der Waals surface area (Å²) in [5, 5.41) is 28.4. The number of aliphatic hydroxyl groups is 2. The standard InChI is InChI=1S/C29H37Cl2NOS.C26H33Cl2NO3.C21H20Cl2O2/c1-7-15-29(6)17-25(22-9-8-10-24(31)16-22)27(21-11-13-23(30)14-12-21)32(28(29)33)26(19(2)3)18-34-20(4)5;1-5-13-26(4,25(32)29-23(16-30)17(2)3)15-22(19-7-6-8-21(28)14-19)24(31)18-9-11-20(27)12-10-18;1-3-11-21(2)13-18(15-5-4-6-17(23)12-15)19(25-20(21)24)14-7-9-16(22)10-8-14/h7-14,16,19-20,25-27H,1,15,17-18H2,2-6H3;5-12,14,17,22-24,30-31H,1,13,15-16H2,2-4H3,(H,29,32);3-10,12,18-19H,1,11,13H2,2H3/t25-,26-,27-,29+;22-,23-,24+,26+;18-,19+,21+/m111/s1. The van der Waals surface area contributed by atoms with Crippen molar-refractivity contribution in [3.05, 3.63) is 247 Å². The van der Waals surface area contributed by atoms with Gasteiger partial charge >= 0.3 is 5.97 Å². The Morgan fingerprint density at radius 3 is 1.63 bits per heavy atom. The van der Waals surface area contributed by atoms with Gasteiger partial charge in [-0.15, -0.1) is 19.7 Å². The molecule has 2 amide bonds. The van der Waals surface area contributed by atoms with Crippen LogP contribution in [0.3, 0.4) is 0 Å². The first-order valence-corrected chi connectivity index (χ1v) is 34.5. The molecule has 0 aliphatic carbocycles. The molecular weight excluding hydrogens is 1280 g/mol. The Balaban J connectivity index is 0.000000219. The van der Waals surface area contributed by atoms with Crippen LogP contribution in [0.5, 0.6) is 0 Å². The van der Waals surface area contributed by atoms with E-state index in [0.717, 1.165) is 39.5 Å². The van der Waals surface area contributed by atoms with Crippen molar-refractivity contribution in [3.63, 3.8) is 0 Å². The van der Waals surface area contributed by atoms with Crippen molar-refractivity contribution in [3.8, 4) is 0 Å². The van der Waals surface area contributed by atoms with Crippen LogP contribution in [0.15, 0.2) is 184 Å². The molecule has 0 aromatic heterocycles. The summed E-state index contributed by atoms with van der Waals surface area (Å²) < 4.78 is 5.91. The highest BCUT2D eigenvalue weighted by molar-refractivity contribution is 7.99. The lowest BCUT2D eigenvalue weighted by Gasteiger charge is -2.53. The van der Waals surface area contributed by atoms with Gasteiger partial charge < -0.3 is 25.2 Å². The van der Waals surface area contributed by atoms with Gasteiger partial charge in [0, 0.05) is 59.7 Å². The average molecular weight is 1370 g/mol. The second-order valence-electron chi connectivity index (χ2n) is 26.0. The minimum absolute atomic E-state index is 0.0162. The zero-order valence-electron chi connectivity index (χ0n) is 53.9. The van der Waals surface area contributed by atoms with Crippen molar-refractivity contribution in [1.29, 1.82) is 0 Å². The molecule has 2 heterocycles. The fourth-order valence-corrected chi connectivity index (χ4v) is 14.6. The number of piperidine rings is 1. The number of hydrogen-bond donors (Lipinski definition) is 3. The molecule has 8 nitrogen and oxygen atoms in total. The van der Waals surface area contributed by atoms with Gasteiger partial charge in [0.15, 0.2) is 0 Å². The lowest BCUT2D eigenvalue weighted by Crippen LogP contribution is -2.57. The molecule has 2 aliphatic heterocycles. The summed E-state index contributed by atoms with van der Waals surface area (Å²) in [6, 6.07) is 45.4. The molecule has 2 fully saturated rings. The fraction of sp³-hybridized carbons (Fsp3) is 0.408. The van der Waals surface area contributed by atoms with Gasteiger partial charge in [0.2, 0.25) is 11.8 Å². The average Bonchev–Trinajstić information content (AvgIpc) is 0.789. The molecule has 91 heavy (non-hydrogen) atoms. The number of benzene rings is 6. The third-order valence-electron chi connectivity index (χ3n) is 17.7. The molecule has 0 spiro atoms. The highest BCUT2D eigenvalue weighted by Crippen LogP contribution is 2.54. The number of nitrogens with zero attached hydrogens (tertiary/aromatic N) is 1. The summed E-state index contributed by atoms with van der Waals surface area (Å²) in [6.45, 7) is 30.2. The maximum atomic E-state index is 14.3. The van der Waals surface area contributed by atoms with Crippen LogP contribution in [0.4, 0.5) is 0 Å². The number of rotatable bonds is 24. The van der Waals surface area contributed by atoms with Gasteiger partial charge in [0.05, 0.1) is 41.0 Å². The van der Waals surface area contributed by atoms with Crippen LogP contribution in [0, 0.1) is 28.1 Å². The summed E-state index contributed by atoms with van der Waals surface area (Å²) in [5.41, 5.74) is 3.86. The molecule has 488 valence electrons. The molecule has 0 unspecified atom stereocenters. The Hall–Kier alpha value is -5.04. The van der Waals surface area contributed by atoms with Crippen molar-refractivity contribution in [2.24, 2.45) is 28.1 Å². The molecule has 11 atom stereocenters. The third-order valence-corrected chi connectivity index (χ3v) is 20.4. The fourth-order valence-electron chi connectivity index (χ4n) is 12.5. The third kappa shape index (κ3) is 20.0. The van der Waals surface area contributed by atoms with Gasteiger partial charge in [0.25, 0.3) is 0 Å². The van der Waals surface area contributed by atoms with E-state index in [2.05, 4.69) is 88.8 Å². The van der Waals surface area contributed by atoms with E-state index in [1.807, 2.05) is 137 Å². The summed E-state index contributed by atoms with van der Waals surface area (Å²) in [6.07, 6.45) is 7.56. The zero-order chi connectivity index (χ0) is 67.0. The highest BCUT2D eigenvalue weighted by Gasteiger charge is 2.52. The Kier molecular flexibility index (Phi) is 28.3. The van der Waals surface area contributed by atoms with Crippen LogP contribution in [-0.4, -0.2) is 62.6 Å². The number of aliphatic hydroxyl groups excluding tert-OH is 2. The van der Waals surface area contributed by atoms with Crippen LogP contribution in [0.1, 0.15) is 170 Å². The van der Waals surface area contributed by atoms with Crippen molar-refractivity contribution in [2.45, 2.75) is 154 Å². The van der Waals surface area contributed by atoms with Gasteiger partial charge in [-0.2, -0.15) is 11.8 Å². The van der Waals surface area contributed by atoms with Gasteiger partial charge in [0.1, 0.15) is 6.10 Å². The molecule has 2 aliphatic rings. The minimum atomic E-state index is -0.874. The monoisotopic (exact) mass is 1370 g/mol. The number of allylic oxidation sites excluding steroid dienone is 3. The second-order valence-corrected chi connectivity index (χ2v) is 30.3. The summed E-state index contributed by atoms with van der Waals surface area (Å²) >= 11 is 39.1. The van der Waals surface area contributed by atoms with E-state index in [-0.39, 0.29) is 66.4 Å². The molecule has 0 saturated carbocycles. The molecule has 6 aromatic rings. The van der Waals surface area contributed by atoms with E-state index >= 15 is 0 Å². The quantitative estimate of drug-likeness (QED) is 0.0408. The smallest absolute Gasteiger partial charge is 0.312 e. The van der Waals surface area contributed by atoms with Crippen molar-refractivity contribution in [2.75, 3.05) is 12.4 Å². The lowest BCUT2D eigenvalue weighted by molar-refractivity contribution is -0.171. The van der Waals surface area contributed by atoms with Crippen LogP contribution in [-0.2, 0) is 19.1 Å². The first kappa shape index (κ1) is 75.0. The molecule has 3 N–H and O–H groups in total. The first-order valence-electron chi connectivity index (χ1n) is 31.2. The number of esters is 1. The number of likely N-dealkylation sites (tertiary alicyclic amines) is 1. The Morgan fingerprint density at radius 1 is 0.648 bits per heavy atom. The lowest BCUT2D eigenvalue weighted by atomic mass is 9.67. The number of carbonyl (C=O) groups is 3. The number of cyclic esters (lactones) is 1. The van der Waals surface area contributed by atoms with E-state index in [1.54, 1.807) is 42.5 Å². The van der Waals surface area contributed by atoms with E-state index in [9.17, 15) is 24.6 Å². The van der Waals surface area contributed by atoms with Gasteiger partial charge in [-0.25, -0.2) is 0 Å². The van der Waals surface area contributed by atoms with Gasteiger partial charge in [-0.1, -0.05) is 216 Å². The number of nitrogens with one attached hydrogen (secondary N) is 1. The minimum Gasteiger partial charge on any atom is -0.456 e. The second kappa shape index (κ2) is 34.4. The first-order chi connectivity index (χ1) is 43.1. The van der Waals surface area contributed by atoms with E-state index in [4.69, 9.17) is 74.3 Å². The predicted molar refractivity (Wildman–Crippen MR) is 383 cm³/mol. The maximum Gasteiger partial charge on any atom is 0.312 e. The molecule has 0 radical (unpaired) electrons. The normalized spacial score (nSPS) is 21.8. The largest absolute Gasteiger partial charge is 0.456 e. The number of thioether (sulfide) groups is 1. The SMILES string of the molecule is C=CC[C@@](C)(C[C@H](c1cccc(Cl)c1)[C@@H](O)c1ccc(Cl)cc1)C(=O)N[C@H](CO)C(C)C.C=CC[C@@]1(C)C[C@H](c2cccc(Cl)c2)[C@@H](c2ccc(Cl)cc2)N([C@H](CSC(C)C)C(C)C)C1=O.C=CC[C@@]1(C)C[C@H](c2cccc(Cl)c2)[C@H](c2ccc(Cl)cc2)OC1=O. The Morgan fingerprint density at radius 2 is 1.14 bits per heavy atom. The van der Waals surface area contributed by atoms with Crippen LogP contribution < -0.4 is 5.32 Å². The zero-order valence-corrected chi connectivity index (χ0v) is 59.2. The number of amides is 2. The molecule has 0 bridgehead atoms. The highest BCUT2D eigenvalue weighted by atomic mass is 35.5. The van der Waals surface area contributed by atoms with Crippen LogP contribution >= 0.6 is 81.4 Å². The van der Waals surface area contributed by atoms with Crippen LogP contribution in [0.25, 0.3) is 0 Å². The van der Waals surface area contributed by atoms with E-state index in [0.29, 0.717) is 73.9 Å². The Labute approximate surface area is 576 Å². The topological polar surface area (TPSA) is 116 Å². The molecule has 6 aromatic carbocycles. The molecule has 8 rings (SSSR count). The predicted octanol–water partition coefficient (Wildman–Crippen LogP) is 21.1. The summed E-state index contributed by atoms with van der Waals surface area (Å²) in [7, 11) is 0. The van der Waals surface area contributed by atoms with Crippen molar-refractivity contribution < 1.29 is 29.3 Å². The van der Waals surface area contributed by atoms with E-state index in [1.165, 1.54) is 5.56 Å².